The van der Waals surface area contributed by atoms with Crippen LogP contribution in [0.25, 0.3) is 5.82 Å². The van der Waals surface area contributed by atoms with Crippen LogP contribution in [0.5, 0.6) is 0 Å². The molecule has 1 aliphatic rings. The molecule has 166 valence electrons. The SMILES string of the molecule is Cc1ccc(N2CC(C(=O)NCCNc3cc(-n4cnc(C)c4C)ncn3)CC2=O)cc1. The lowest BCUT2D eigenvalue weighted by Crippen LogP contribution is -2.35. The molecule has 4 rings (SSSR count). The van der Waals surface area contributed by atoms with Crippen LogP contribution in [-0.2, 0) is 9.59 Å². The highest BCUT2D eigenvalue weighted by molar-refractivity contribution is 6.00. The Morgan fingerprint density at radius 1 is 1.09 bits per heavy atom. The van der Waals surface area contributed by atoms with E-state index >= 15 is 0 Å². The number of imidazole rings is 1. The Bertz CT molecular complexity index is 1120. The van der Waals surface area contributed by atoms with Crippen LogP contribution in [0.2, 0.25) is 0 Å². The minimum absolute atomic E-state index is 0.0225. The number of hydrogen-bond acceptors (Lipinski definition) is 6. The van der Waals surface area contributed by atoms with Crippen LogP contribution in [0.4, 0.5) is 11.5 Å². The summed E-state index contributed by atoms with van der Waals surface area (Å²) < 4.78 is 1.90. The highest BCUT2D eigenvalue weighted by atomic mass is 16.2. The van der Waals surface area contributed by atoms with Crippen LogP contribution >= 0.6 is 0 Å². The number of amides is 2. The van der Waals surface area contributed by atoms with Crippen molar-refractivity contribution < 1.29 is 9.59 Å². The Balaban J connectivity index is 1.27. The van der Waals surface area contributed by atoms with E-state index in [1.807, 2.05) is 55.7 Å². The monoisotopic (exact) mass is 433 g/mol. The highest BCUT2D eigenvalue weighted by Crippen LogP contribution is 2.25. The minimum Gasteiger partial charge on any atom is -0.368 e. The molecule has 2 N–H and O–H groups in total. The molecule has 2 aromatic heterocycles. The van der Waals surface area contributed by atoms with E-state index in [4.69, 9.17) is 0 Å². The van der Waals surface area contributed by atoms with Crippen molar-refractivity contribution in [2.24, 2.45) is 5.92 Å². The summed E-state index contributed by atoms with van der Waals surface area (Å²) >= 11 is 0. The molecule has 0 spiro atoms. The molecule has 1 saturated heterocycles. The van der Waals surface area contributed by atoms with Crippen molar-refractivity contribution in [2.75, 3.05) is 29.9 Å². The molecule has 0 aliphatic carbocycles. The van der Waals surface area contributed by atoms with Gasteiger partial charge in [0.05, 0.1) is 11.6 Å². The van der Waals surface area contributed by atoms with Gasteiger partial charge in [0.2, 0.25) is 11.8 Å². The van der Waals surface area contributed by atoms with Crippen LogP contribution in [0.1, 0.15) is 23.4 Å². The van der Waals surface area contributed by atoms with Gasteiger partial charge < -0.3 is 15.5 Å². The van der Waals surface area contributed by atoms with Crippen LogP contribution < -0.4 is 15.5 Å². The Morgan fingerprint density at radius 2 is 1.88 bits per heavy atom. The Labute approximate surface area is 186 Å². The second-order valence-corrected chi connectivity index (χ2v) is 8.01. The van der Waals surface area contributed by atoms with Crippen molar-refractivity contribution in [1.82, 2.24) is 24.8 Å². The maximum atomic E-state index is 12.6. The first-order valence-electron chi connectivity index (χ1n) is 10.6. The third kappa shape index (κ3) is 4.61. The number of carbonyl (C=O) groups is 2. The van der Waals surface area contributed by atoms with E-state index in [0.717, 1.165) is 28.5 Å². The number of aryl methyl sites for hydroxylation is 2. The largest absolute Gasteiger partial charge is 0.368 e. The summed E-state index contributed by atoms with van der Waals surface area (Å²) in [5.74, 6) is 0.914. The maximum Gasteiger partial charge on any atom is 0.227 e. The summed E-state index contributed by atoms with van der Waals surface area (Å²) in [5, 5.41) is 6.12. The Kier molecular flexibility index (Phi) is 6.16. The first-order chi connectivity index (χ1) is 15.4. The summed E-state index contributed by atoms with van der Waals surface area (Å²) in [4.78, 5) is 39.5. The van der Waals surface area contributed by atoms with E-state index < -0.39 is 0 Å². The van der Waals surface area contributed by atoms with Crippen LogP contribution in [-0.4, -0.2) is 51.0 Å². The summed E-state index contributed by atoms with van der Waals surface area (Å²) in [6.45, 7) is 7.28. The second kappa shape index (κ2) is 9.17. The van der Waals surface area contributed by atoms with Gasteiger partial charge in [0.15, 0.2) is 0 Å². The summed E-state index contributed by atoms with van der Waals surface area (Å²) in [5.41, 5.74) is 3.94. The molecule has 3 heterocycles. The average molecular weight is 434 g/mol. The first-order valence-corrected chi connectivity index (χ1v) is 10.6. The standard InChI is InChI=1S/C23H27N7O2/c1-15-4-6-19(7-5-15)29-12-18(10-22(29)31)23(32)25-9-8-24-20-11-21(27-13-26-20)30-14-28-16(2)17(30)3/h4-7,11,13-14,18H,8-10,12H2,1-3H3,(H,25,32)(H,24,26,27). The Morgan fingerprint density at radius 3 is 2.59 bits per heavy atom. The molecule has 1 aromatic carbocycles. The van der Waals surface area contributed by atoms with Gasteiger partial charge in [0.1, 0.15) is 24.3 Å². The lowest BCUT2D eigenvalue weighted by atomic mass is 10.1. The third-order valence-electron chi connectivity index (χ3n) is 5.72. The van der Waals surface area contributed by atoms with Crippen LogP contribution in [0.15, 0.2) is 43.0 Å². The van der Waals surface area contributed by atoms with Crippen molar-refractivity contribution in [3.05, 3.63) is 59.9 Å². The average Bonchev–Trinajstić information content (AvgIpc) is 3.34. The number of nitrogens with one attached hydrogen (secondary N) is 2. The maximum absolute atomic E-state index is 12.6. The lowest BCUT2D eigenvalue weighted by molar-refractivity contribution is -0.126. The number of rotatable bonds is 7. The molecule has 0 bridgehead atoms. The molecule has 1 fully saturated rings. The molecule has 3 aromatic rings. The van der Waals surface area contributed by atoms with Gasteiger partial charge in [-0.1, -0.05) is 17.7 Å². The summed E-state index contributed by atoms with van der Waals surface area (Å²) in [7, 11) is 0. The zero-order chi connectivity index (χ0) is 22.7. The van der Waals surface area contributed by atoms with E-state index in [1.165, 1.54) is 6.33 Å². The molecule has 32 heavy (non-hydrogen) atoms. The third-order valence-corrected chi connectivity index (χ3v) is 5.72. The van der Waals surface area contributed by atoms with Crippen LogP contribution in [0, 0.1) is 26.7 Å². The fourth-order valence-electron chi connectivity index (χ4n) is 3.68. The molecular weight excluding hydrogens is 406 g/mol. The van der Waals surface area contributed by atoms with Crippen molar-refractivity contribution in [3.63, 3.8) is 0 Å². The fourth-order valence-corrected chi connectivity index (χ4v) is 3.68. The number of benzene rings is 1. The predicted molar refractivity (Wildman–Crippen MR) is 122 cm³/mol. The molecule has 9 nitrogen and oxygen atoms in total. The van der Waals surface area contributed by atoms with Gasteiger partial charge in [0, 0.05) is 43.5 Å². The highest BCUT2D eigenvalue weighted by Gasteiger charge is 2.34. The number of carbonyl (C=O) groups excluding carboxylic acids is 2. The van der Waals surface area contributed by atoms with Crippen molar-refractivity contribution >= 4 is 23.3 Å². The van der Waals surface area contributed by atoms with E-state index in [9.17, 15) is 9.59 Å². The fraction of sp³-hybridized carbons (Fsp3) is 0.348. The normalized spacial score (nSPS) is 15.8. The van der Waals surface area contributed by atoms with E-state index in [-0.39, 0.29) is 24.2 Å². The Hall–Kier alpha value is -3.75. The van der Waals surface area contributed by atoms with Gasteiger partial charge >= 0.3 is 0 Å². The smallest absolute Gasteiger partial charge is 0.227 e. The van der Waals surface area contributed by atoms with Crippen molar-refractivity contribution in [2.45, 2.75) is 27.2 Å². The summed E-state index contributed by atoms with van der Waals surface area (Å²) in [6.07, 6.45) is 3.46. The zero-order valence-corrected chi connectivity index (χ0v) is 18.5. The quantitative estimate of drug-likeness (QED) is 0.554. The number of nitrogens with zero attached hydrogens (tertiary/aromatic N) is 5. The molecule has 1 aliphatic heterocycles. The molecule has 2 amide bonds. The lowest BCUT2D eigenvalue weighted by Gasteiger charge is -2.17. The molecule has 1 atom stereocenters. The van der Waals surface area contributed by atoms with Gasteiger partial charge in [0.25, 0.3) is 0 Å². The van der Waals surface area contributed by atoms with Gasteiger partial charge in [-0.25, -0.2) is 15.0 Å². The number of aromatic nitrogens is 4. The topological polar surface area (TPSA) is 105 Å². The van der Waals surface area contributed by atoms with Gasteiger partial charge in [-0.2, -0.15) is 0 Å². The zero-order valence-electron chi connectivity index (χ0n) is 18.5. The van der Waals surface area contributed by atoms with E-state index in [1.54, 1.807) is 11.2 Å². The number of hydrogen-bond donors (Lipinski definition) is 2. The first kappa shape index (κ1) is 21.5. The number of anilines is 2. The summed E-state index contributed by atoms with van der Waals surface area (Å²) in [6, 6.07) is 9.61. The second-order valence-electron chi connectivity index (χ2n) is 8.01. The molecule has 9 heteroatoms. The van der Waals surface area contributed by atoms with Crippen molar-refractivity contribution in [1.29, 1.82) is 0 Å². The molecule has 0 radical (unpaired) electrons. The van der Waals surface area contributed by atoms with Crippen molar-refractivity contribution in [3.8, 4) is 5.82 Å². The molecule has 1 unspecified atom stereocenters. The predicted octanol–water partition coefficient (Wildman–Crippen LogP) is 2.17. The van der Waals surface area contributed by atoms with Crippen LogP contribution in [0.3, 0.4) is 0 Å². The van der Waals surface area contributed by atoms with Gasteiger partial charge in [-0.05, 0) is 32.9 Å². The van der Waals surface area contributed by atoms with E-state index in [2.05, 4.69) is 25.6 Å². The van der Waals surface area contributed by atoms with Gasteiger partial charge in [-0.3, -0.25) is 14.2 Å². The molecule has 0 saturated carbocycles. The van der Waals surface area contributed by atoms with Gasteiger partial charge in [-0.15, -0.1) is 0 Å². The molecular formula is C23H27N7O2. The minimum atomic E-state index is -0.345. The van der Waals surface area contributed by atoms with E-state index in [0.29, 0.717) is 25.5 Å².